The molecule has 0 unspecified atom stereocenters. The van der Waals surface area contributed by atoms with Crippen molar-refractivity contribution >= 4 is 23.4 Å². The van der Waals surface area contributed by atoms with E-state index < -0.39 is 0 Å². The summed E-state index contributed by atoms with van der Waals surface area (Å²) in [7, 11) is 0. The zero-order chi connectivity index (χ0) is 13.9. The van der Waals surface area contributed by atoms with Gasteiger partial charge in [0.2, 0.25) is 0 Å². The molecular weight excluding hydrogens is 256 g/mol. The molecule has 0 radical (unpaired) electrons. The van der Waals surface area contributed by atoms with Gasteiger partial charge in [0.05, 0.1) is 0 Å². The first-order chi connectivity index (χ1) is 9.09. The third-order valence-corrected chi connectivity index (χ3v) is 4.53. The monoisotopic (exact) mass is 280 g/mol. The molecule has 1 heterocycles. The van der Waals surface area contributed by atoms with Crippen LogP contribution in [0.5, 0.6) is 0 Å². The van der Waals surface area contributed by atoms with Crippen molar-refractivity contribution in [2.24, 2.45) is 11.3 Å². The predicted molar refractivity (Wildman–Crippen MR) is 83.0 cm³/mol. The largest absolute Gasteiger partial charge is 0.370 e. The molecule has 0 aliphatic heterocycles. The molecule has 2 rings (SSSR count). The van der Waals surface area contributed by atoms with Gasteiger partial charge < -0.3 is 10.6 Å². The Labute approximate surface area is 120 Å². The molecule has 1 fully saturated rings. The molecule has 1 aromatic heterocycles. The van der Waals surface area contributed by atoms with Crippen molar-refractivity contribution in [3.05, 3.63) is 6.07 Å². The summed E-state index contributed by atoms with van der Waals surface area (Å²) >= 11 is 1.58. The lowest BCUT2D eigenvalue weighted by molar-refractivity contribution is 0.379. The fraction of sp³-hybridized carbons (Fsp3) is 0.714. The molecular formula is C14H24N4S. The van der Waals surface area contributed by atoms with E-state index in [0.29, 0.717) is 5.41 Å². The summed E-state index contributed by atoms with van der Waals surface area (Å²) < 4.78 is 0. The Bertz CT molecular complexity index is 429. The van der Waals surface area contributed by atoms with E-state index in [1.807, 2.05) is 12.3 Å². The summed E-state index contributed by atoms with van der Waals surface area (Å²) in [6.45, 7) is 8.59. The number of nitrogens with one attached hydrogen (secondary N) is 2. The number of rotatable bonds is 7. The van der Waals surface area contributed by atoms with Gasteiger partial charge in [-0.15, -0.1) is 0 Å². The van der Waals surface area contributed by atoms with Crippen molar-refractivity contribution in [3.63, 3.8) is 0 Å². The summed E-state index contributed by atoms with van der Waals surface area (Å²) in [5.74, 6) is 2.57. The molecule has 0 amide bonds. The minimum Gasteiger partial charge on any atom is -0.370 e. The van der Waals surface area contributed by atoms with Crippen LogP contribution in [0.1, 0.15) is 33.6 Å². The van der Waals surface area contributed by atoms with Crippen molar-refractivity contribution in [1.29, 1.82) is 0 Å². The Kier molecular flexibility index (Phi) is 4.55. The Morgan fingerprint density at radius 1 is 1.26 bits per heavy atom. The Balaban J connectivity index is 2.05. The quantitative estimate of drug-likeness (QED) is 0.591. The highest BCUT2D eigenvalue weighted by atomic mass is 32.2. The molecule has 0 atom stereocenters. The van der Waals surface area contributed by atoms with Gasteiger partial charge in [0.25, 0.3) is 0 Å². The Hall–Kier alpha value is -0.970. The molecule has 0 bridgehead atoms. The van der Waals surface area contributed by atoms with E-state index in [4.69, 9.17) is 0 Å². The van der Waals surface area contributed by atoms with Crippen LogP contribution in [0, 0.1) is 11.3 Å². The number of hydrogen-bond acceptors (Lipinski definition) is 5. The molecule has 106 valence electrons. The van der Waals surface area contributed by atoms with E-state index in [1.165, 1.54) is 12.8 Å². The number of aromatic nitrogens is 2. The molecule has 5 heteroatoms. The number of anilines is 2. The third kappa shape index (κ3) is 3.53. The summed E-state index contributed by atoms with van der Waals surface area (Å²) in [5.41, 5.74) is 0.489. The van der Waals surface area contributed by atoms with Crippen LogP contribution in [0.2, 0.25) is 0 Å². The lowest BCUT2D eigenvalue weighted by Crippen LogP contribution is -2.21. The van der Waals surface area contributed by atoms with E-state index in [-0.39, 0.29) is 0 Å². The van der Waals surface area contributed by atoms with Gasteiger partial charge in [-0.1, -0.05) is 25.6 Å². The average molecular weight is 280 g/mol. The molecule has 0 aromatic carbocycles. The van der Waals surface area contributed by atoms with Gasteiger partial charge in [-0.2, -0.15) is 0 Å². The molecule has 1 aliphatic rings. The third-order valence-electron chi connectivity index (χ3n) is 3.98. The van der Waals surface area contributed by atoms with Crippen LogP contribution in [0.3, 0.4) is 0 Å². The Morgan fingerprint density at radius 2 is 1.89 bits per heavy atom. The highest BCUT2D eigenvalue weighted by Gasteiger charge is 2.44. The van der Waals surface area contributed by atoms with E-state index in [0.717, 1.165) is 35.8 Å². The summed E-state index contributed by atoms with van der Waals surface area (Å²) in [6.07, 6.45) is 4.67. The summed E-state index contributed by atoms with van der Waals surface area (Å²) in [4.78, 5) is 8.96. The molecule has 1 aromatic rings. The molecule has 19 heavy (non-hydrogen) atoms. The van der Waals surface area contributed by atoms with Crippen LogP contribution in [0.25, 0.3) is 0 Å². The van der Waals surface area contributed by atoms with Gasteiger partial charge in [-0.25, -0.2) is 9.97 Å². The Morgan fingerprint density at radius 3 is 2.37 bits per heavy atom. The maximum atomic E-state index is 4.53. The zero-order valence-corrected chi connectivity index (χ0v) is 13.1. The molecule has 0 saturated heterocycles. The van der Waals surface area contributed by atoms with Crippen LogP contribution >= 0.6 is 11.8 Å². The van der Waals surface area contributed by atoms with Gasteiger partial charge in [-0.3, -0.25) is 0 Å². The molecule has 1 aliphatic carbocycles. The van der Waals surface area contributed by atoms with Crippen LogP contribution in [-0.2, 0) is 0 Å². The minimum atomic E-state index is 0.489. The van der Waals surface area contributed by atoms with Crippen LogP contribution in [-0.4, -0.2) is 29.3 Å². The normalized spacial score (nSPS) is 16.5. The molecule has 1 saturated carbocycles. The van der Waals surface area contributed by atoms with Crippen LogP contribution in [0.4, 0.5) is 11.6 Å². The van der Waals surface area contributed by atoms with E-state index in [9.17, 15) is 0 Å². The van der Waals surface area contributed by atoms with Crippen molar-refractivity contribution in [1.82, 2.24) is 9.97 Å². The summed E-state index contributed by atoms with van der Waals surface area (Å²) in [6, 6.07) is 2.00. The first-order valence-corrected chi connectivity index (χ1v) is 8.23. The van der Waals surface area contributed by atoms with Gasteiger partial charge >= 0.3 is 0 Å². The lowest BCUT2D eigenvalue weighted by Gasteiger charge is -2.20. The minimum absolute atomic E-state index is 0.489. The van der Waals surface area contributed by atoms with Crippen molar-refractivity contribution in [2.45, 2.75) is 38.8 Å². The first kappa shape index (κ1) is 14.4. The van der Waals surface area contributed by atoms with Gasteiger partial charge in [0.15, 0.2) is 5.16 Å². The number of hydrogen-bond donors (Lipinski definition) is 2. The second-order valence-electron chi connectivity index (χ2n) is 5.53. The molecule has 2 N–H and O–H groups in total. The second-order valence-corrected chi connectivity index (χ2v) is 6.30. The molecule has 4 nitrogen and oxygen atoms in total. The number of nitrogens with zero attached hydrogens (tertiary/aromatic N) is 2. The second kappa shape index (κ2) is 5.99. The van der Waals surface area contributed by atoms with Gasteiger partial charge in [-0.05, 0) is 37.4 Å². The predicted octanol–water partition coefficient (Wildman–Crippen LogP) is 3.48. The highest BCUT2D eigenvalue weighted by Crippen LogP contribution is 2.51. The summed E-state index contributed by atoms with van der Waals surface area (Å²) in [5, 5.41) is 7.57. The zero-order valence-electron chi connectivity index (χ0n) is 12.3. The standard InChI is InChI=1S/C14H24N4S/c1-5-15-11-8-12(18-13(17-11)19-4)16-9-14(6-7-14)10(2)3/h8,10H,5-7,9H2,1-4H3,(H2,15,16,17,18). The lowest BCUT2D eigenvalue weighted by atomic mass is 9.92. The van der Waals surface area contributed by atoms with E-state index in [1.54, 1.807) is 11.8 Å². The van der Waals surface area contributed by atoms with Crippen molar-refractivity contribution in [2.75, 3.05) is 30.0 Å². The van der Waals surface area contributed by atoms with Crippen molar-refractivity contribution < 1.29 is 0 Å². The van der Waals surface area contributed by atoms with Gasteiger partial charge in [0, 0.05) is 19.2 Å². The number of thioether (sulfide) groups is 1. The van der Waals surface area contributed by atoms with E-state index in [2.05, 4.69) is 41.4 Å². The average Bonchev–Trinajstić information content (AvgIpc) is 3.18. The fourth-order valence-corrected chi connectivity index (χ4v) is 2.64. The van der Waals surface area contributed by atoms with Gasteiger partial charge in [0.1, 0.15) is 11.6 Å². The smallest absolute Gasteiger partial charge is 0.191 e. The maximum Gasteiger partial charge on any atom is 0.191 e. The molecule has 0 spiro atoms. The SMILES string of the molecule is CCNc1cc(NCC2(C(C)C)CC2)nc(SC)n1. The van der Waals surface area contributed by atoms with Crippen LogP contribution in [0.15, 0.2) is 11.2 Å². The maximum absolute atomic E-state index is 4.53. The first-order valence-electron chi connectivity index (χ1n) is 7.00. The van der Waals surface area contributed by atoms with Crippen LogP contribution < -0.4 is 10.6 Å². The topological polar surface area (TPSA) is 49.8 Å². The van der Waals surface area contributed by atoms with Crippen molar-refractivity contribution in [3.8, 4) is 0 Å². The van der Waals surface area contributed by atoms with E-state index >= 15 is 0 Å². The fourth-order valence-electron chi connectivity index (χ4n) is 2.26. The highest BCUT2D eigenvalue weighted by molar-refractivity contribution is 7.98.